The zero-order chi connectivity index (χ0) is 11.1. The second-order valence-electron chi connectivity index (χ2n) is 3.20. The van der Waals surface area contributed by atoms with Crippen molar-refractivity contribution >= 4 is 16.3 Å². The minimum atomic E-state index is 0.000894. The van der Waals surface area contributed by atoms with E-state index in [4.69, 9.17) is 0 Å². The number of rotatable bonds is 1. The van der Waals surface area contributed by atoms with Crippen molar-refractivity contribution in [1.29, 1.82) is 0 Å². The van der Waals surface area contributed by atoms with Crippen LogP contribution in [0.2, 0.25) is 0 Å². The van der Waals surface area contributed by atoms with E-state index >= 15 is 0 Å². The van der Waals surface area contributed by atoms with Gasteiger partial charge in [0.2, 0.25) is 4.96 Å². The highest BCUT2D eigenvalue weighted by atomic mass is 32.1. The molecule has 0 radical (unpaired) electrons. The summed E-state index contributed by atoms with van der Waals surface area (Å²) in [6.07, 6.45) is 1.50. The largest absolute Gasteiger partial charge is 0.508 e. The summed E-state index contributed by atoms with van der Waals surface area (Å²) in [6, 6.07) is 4.33. The van der Waals surface area contributed by atoms with Gasteiger partial charge in [-0.15, -0.1) is 10.2 Å². The Morgan fingerprint density at radius 2 is 1.88 bits per heavy atom. The van der Waals surface area contributed by atoms with Crippen LogP contribution < -0.4 is 0 Å². The third-order valence-electron chi connectivity index (χ3n) is 2.04. The molecule has 0 saturated heterocycles. The maximum atomic E-state index is 9.36. The van der Waals surface area contributed by atoms with Crippen LogP contribution in [0, 0.1) is 0 Å². The van der Waals surface area contributed by atoms with E-state index in [-0.39, 0.29) is 11.5 Å². The highest BCUT2D eigenvalue weighted by Crippen LogP contribution is 2.30. The van der Waals surface area contributed by atoms with Crippen molar-refractivity contribution in [3.05, 3.63) is 24.5 Å². The van der Waals surface area contributed by atoms with E-state index in [1.54, 1.807) is 4.52 Å². The molecule has 0 fully saturated rings. The maximum absolute atomic E-state index is 9.36. The predicted octanol–water partition coefficient (Wildman–Crippen LogP) is 1.26. The van der Waals surface area contributed by atoms with Gasteiger partial charge in [0.15, 0.2) is 0 Å². The van der Waals surface area contributed by atoms with E-state index in [0.29, 0.717) is 15.5 Å². The average Bonchev–Trinajstić information content (AvgIpc) is 2.74. The highest BCUT2D eigenvalue weighted by molar-refractivity contribution is 7.19. The first-order chi connectivity index (χ1) is 7.72. The molecule has 0 bridgehead atoms. The van der Waals surface area contributed by atoms with Gasteiger partial charge in [-0.3, -0.25) is 0 Å². The van der Waals surface area contributed by atoms with Crippen LogP contribution in [0.4, 0.5) is 0 Å². The van der Waals surface area contributed by atoms with Gasteiger partial charge >= 0.3 is 0 Å². The Labute approximate surface area is 93.4 Å². The van der Waals surface area contributed by atoms with Crippen molar-refractivity contribution in [3.8, 4) is 22.1 Å². The molecular weight excluding hydrogens is 228 g/mol. The van der Waals surface area contributed by atoms with Crippen LogP contribution in [-0.2, 0) is 0 Å². The molecule has 0 aliphatic heterocycles. The second kappa shape index (κ2) is 3.17. The third-order valence-corrected chi connectivity index (χ3v) is 3.00. The number of hydrogen-bond acceptors (Lipinski definition) is 6. The average molecular weight is 234 g/mol. The van der Waals surface area contributed by atoms with E-state index in [9.17, 15) is 10.2 Å². The number of nitrogens with zero attached hydrogens (tertiary/aromatic N) is 4. The Morgan fingerprint density at radius 1 is 1.12 bits per heavy atom. The summed E-state index contributed by atoms with van der Waals surface area (Å²) in [7, 11) is 0. The fourth-order valence-corrected chi connectivity index (χ4v) is 2.20. The van der Waals surface area contributed by atoms with Crippen molar-refractivity contribution in [1.82, 2.24) is 19.8 Å². The van der Waals surface area contributed by atoms with E-state index in [0.717, 1.165) is 0 Å². The standard InChI is InChI=1S/C9H6N4O2S/c14-6-1-5(2-7(15)3-6)8-12-13-4-10-11-9(13)16-8/h1-4,14-15H. The Hall–Kier alpha value is -2.15. The minimum Gasteiger partial charge on any atom is -0.508 e. The van der Waals surface area contributed by atoms with Gasteiger partial charge in [-0.2, -0.15) is 9.61 Å². The van der Waals surface area contributed by atoms with E-state index < -0.39 is 0 Å². The number of aromatic hydroxyl groups is 2. The molecule has 0 atom stereocenters. The summed E-state index contributed by atoms with van der Waals surface area (Å²) in [5, 5.41) is 31.1. The molecule has 2 N–H and O–H groups in total. The fourth-order valence-electron chi connectivity index (χ4n) is 1.40. The second-order valence-corrected chi connectivity index (χ2v) is 4.16. The Bertz CT molecular complexity index is 612. The van der Waals surface area contributed by atoms with Crippen molar-refractivity contribution in [2.75, 3.05) is 0 Å². The smallest absolute Gasteiger partial charge is 0.234 e. The molecule has 0 spiro atoms. The van der Waals surface area contributed by atoms with Crippen molar-refractivity contribution in [2.24, 2.45) is 0 Å². The lowest BCUT2D eigenvalue weighted by Crippen LogP contribution is -1.82. The van der Waals surface area contributed by atoms with Gasteiger partial charge in [0.1, 0.15) is 22.8 Å². The van der Waals surface area contributed by atoms with Crippen LogP contribution in [0.1, 0.15) is 0 Å². The molecule has 1 aromatic carbocycles. The van der Waals surface area contributed by atoms with Crippen LogP contribution in [0.25, 0.3) is 15.5 Å². The molecule has 0 unspecified atom stereocenters. The van der Waals surface area contributed by atoms with Crippen LogP contribution in [0.5, 0.6) is 11.5 Å². The lowest BCUT2D eigenvalue weighted by Gasteiger charge is -1.98. The molecule has 2 heterocycles. The molecule has 3 aromatic rings. The first-order valence-corrected chi connectivity index (χ1v) is 5.24. The minimum absolute atomic E-state index is 0.000894. The maximum Gasteiger partial charge on any atom is 0.234 e. The number of aromatic nitrogens is 4. The zero-order valence-electron chi connectivity index (χ0n) is 7.90. The Kier molecular flexibility index (Phi) is 1.80. The number of phenolic OH excluding ortho intramolecular Hbond substituents is 2. The molecule has 2 aromatic heterocycles. The van der Waals surface area contributed by atoms with E-state index in [2.05, 4.69) is 15.3 Å². The SMILES string of the molecule is Oc1cc(O)cc(-c2nn3cnnc3s2)c1. The molecule has 6 nitrogen and oxygen atoms in total. The Morgan fingerprint density at radius 3 is 2.56 bits per heavy atom. The molecule has 0 saturated carbocycles. The van der Waals surface area contributed by atoms with Crippen molar-refractivity contribution < 1.29 is 10.2 Å². The highest BCUT2D eigenvalue weighted by Gasteiger charge is 2.09. The molecule has 7 heteroatoms. The Balaban J connectivity index is 2.18. The van der Waals surface area contributed by atoms with Gasteiger partial charge in [-0.05, 0) is 12.1 Å². The summed E-state index contributed by atoms with van der Waals surface area (Å²) in [6.45, 7) is 0. The monoisotopic (exact) mass is 234 g/mol. The van der Waals surface area contributed by atoms with Gasteiger partial charge in [-0.25, -0.2) is 0 Å². The normalized spacial score (nSPS) is 11.0. The molecule has 0 amide bonds. The van der Waals surface area contributed by atoms with E-state index in [1.807, 2.05) is 0 Å². The quantitative estimate of drug-likeness (QED) is 0.662. The summed E-state index contributed by atoms with van der Waals surface area (Å²) in [4.78, 5) is 0.665. The van der Waals surface area contributed by atoms with Gasteiger partial charge < -0.3 is 10.2 Å². The topological polar surface area (TPSA) is 83.5 Å². The van der Waals surface area contributed by atoms with Crippen LogP contribution >= 0.6 is 11.3 Å². The molecule has 80 valence electrons. The number of benzene rings is 1. The lowest BCUT2D eigenvalue weighted by molar-refractivity contribution is 0.451. The lowest BCUT2D eigenvalue weighted by atomic mass is 10.2. The molecular formula is C9H6N4O2S. The van der Waals surface area contributed by atoms with E-state index in [1.165, 1.54) is 35.9 Å². The summed E-state index contributed by atoms with van der Waals surface area (Å²) < 4.78 is 1.54. The van der Waals surface area contributed by atoms with Gasteiger partial charge in [0, 0.05) is 11.6 Å². The molecule has 3 rings (SSSR count). The molecule has 16 heavy (non-hydrogen) atoms. The van der Waals surface area contributed by atoms with Gasteiger partial charge in [0.05, 0.1) is 0 Å². The fraction of sp³-hybridized carbons (Fsp3) is 0. The summed E-state index contributed by atoms with van der Waals surface area (Å²) >= 11 is 1.33. The summed E-state index contributed by atoms with van der Waals surface area (Å²) in [5.74, 6) is 0.00179. The third kappa shape index (κ3) is 1.38. The van der Waals surface area contributed by atoms with Gasteiger partial charge in [-0.1, -0.05) is 11.3 Å². The van der Waals surface area contributed by atoms with Crippen LogP contribution in [-0.4, -0.2) is 30.0 Å². The number of hydrogen-bond donors (Lipinski definition) is 2. The number of phenols is 2. The zero-order valence-corrected chi connectivity index (χ0v) is 8.72. The molecule has 0 aliphatic carbocycles. The first kappa shape index (κ1) is 9.10. The predicted molar refractivity (Wildman–Crippen MR) is 57.4 cm³/mol. The number of fused-ring (bicyclic) bond motifs is 1. The van der Waals surface area contributed by atoms with Crippen molar-refractivity contribution in [3.63, 3.8) is 0 Å². The van der Waals surface area contributed by atoms with Gasteiger partial charge in [0.25, 0.3) is 0 Å². The van der Waals surface area contributed by atoms with Crippen LogP contribution in [0.15, 0.2) is 24.5 Å². The summed E-state index contributed by atoms with van der Waals surface area (Å²) in [5.41, 5.74) is 0.646. The molecule has 0 aliphatic rings. The first-order valence-electron chi connectivity index (χ1n) is 4.42. The van der Waals surface area contributed by atoms with Crippen molar-refractivity contribution in [2.45, 2.75) is 0 Å². The van der Waals surface area contributed by atoms with Crippen LogP contribution in [0.3, 0.4) is 0 Å².